The molecule has 4 nitrogen and oxygen atoms in total. The molecule has 5 heteroatoms. The van der Waals surface area contributed by atoms with Crippen LogP contribution in [0.3, 0.4) is 0 Å². The van der Waals surface area contributed by atoms with Gasteiger partial charge in [0.15, 0.2) is 0 Å². The Hall–Kier alpha value is -1.46. The second-order valence-corrected chi connectivity index (χ2v) is 5.58. The Morgan fingerprint density at radius 2 is 1.86 bits per heavy atom. The summed E-state index contributed by atoms with van der Waals surface area (Å²) < 4.78 is 18.4. The van der Waals surface area contributed by atoms with E-state index in [0.717, 1.165) is 18.4 Å². The fourth-order valence-corrected chi connectivity index (χ4v) is 2.76. The van der Waals surface area contributed by atoms with Gasteiger partial charge in [0, 0.05) is 19.1 Å². The predicted octanol–water partition coefficient (Wildman–Crippen LogP) is 2.50. The summed E-state index contributed by atoms with van der Waals surface area (Å²) in [4.78, 5) is 14.5. The number of ether oxygens (including phenoxy) is 1. The summed E-state index contributed by atoms with van der Waals surface area (Å²) in [7, 11) is 0. The fourth-order valence-electron chi connectivity index (χ4n) is 2.76. The van der Waals surface area contributed by atoms with Crippen LogP contribution in [0.4, 0.5) is 4.39 Å². The highest BCUT2D eigenvalue weighted by molar-refractivity contribution is 5.82. The molecule has 1 N–H and O–H groups in total. The molecule has 0 unspecified atom stereocenters. The highest BCUT2D eigenvalue weighted by atomic mass is 19.1. The second kappa shape index (κ2) is 8.25. The van der Waals surface area contributed by atoms with Gasteiger partial charge in [-0.3, -0.25) is 10.1 Å². The number of hydrogen-bond donors (Lipinski definition) is 1. The van der Waals surface area contributed by atoms with Crippen LogP contribution >= 0.6 is 0 Å². The smallest absolute Gasteiger partial charge is 0.239 e. The van der Waals surface area contributed by atoms with E-state index in [-0.39, 0.29) is 23.8 Å². The van der Waals surface area contributed by atoms with Crippen molar-refractivity contribution >= 4 is 5.91 Å². The van der Waals surface area contributed by atoms with Crippen LogP contribution in [0.1, 0.15) is 38.3 Å². The van der Waals surface area contributed by atoms with Crippen molar-refractivity contribution in [3.05, 3.63) is 35.6 Å². The molecule has 1 fully saturated rings. The molecule has 0 bridgehead atoms. The minimum Gasteiger partial charge on any atom is -0.378 e. The van der Waals surface area contributed by atoms with Crippen molar-refractivity contribution in [2.75, 3.05) is 26.3 Å². The van der Waals surface area contributed by atoms with E-state index in [0.29, 0.717) is 26.3 Å². The van der Waals surface area contributed by atoms with Gasteiger partial charge >= 0.3 is 0 Å². The van der Waals surface area contributed by atoms with Gasteiger partial charge in [-0.05, 0) is 30.5 Å². The van der Waals surface area contributed by atoms with Gasteiger partial charge in [0.05, 0.1) is 19.3 Å². The van der Waals surface area contributed by atoms with Gasteiger partial charge in [0.1, 0.15) is 5.82 Å². The molecule has 1 aliphatic rings. The Morgan fingerprint density at radius 3 is 2.41 bits per heavy atom. The highest BCUT2D eigenvalue weighted by Gasteiger charge is 2.26. The molecule has 1 heterocycles. The average Bonchev–Trinajstić information content (AvgIpc) is 2.57. The largest absolute Gasteiger partial charge is 0.378 e. The van der Waals surface area contributed by atoms with Gasteiger partial charge in [-0.1, -0.05) is 26.0 Å². The van der Waals surface area contributed by atoms with Crippen LogP contribution in [0.5, 0.6) is 0 Å². The Morgan fingerprint density at radius 1 is 1.23 bits per heavy atom. The molecule has 0 aromatic heterocycles. The molecule has 0 saturated carbocycles. The highest BCUT2D eigenvalue weighted by Crippen LogP contribution is 2.19. The van der Waals surface area contributed by atoms with Crippen molar-refractivity contribution in [3.8, 4) is 0 Å². The molecule has 0 aliphatic carbocycles. The fraction of sp³-hybridized carbons (Fsp3) is 0.588. The number of benzene rings is 1. The number of nitrogens with one attached hydrogen (secondary N) is 1. The maximum atomic E-state index is 13.1. The summed E-state index contributed by atoms with van der Waals surface area (Å²) in [5, 5.41) is 3.43. The van der Waals surface area contributed by atoms with Crippen molar-refractivity contribution in [1.29, 1.82) is 0 Å². The molecule has 2 atom stereocenters. The molecule has 1 aromatic rings. The van der Waals surface area contributed by atoms with Gasteiger partial charge in [-0.2, -0.15) is 0 Å². The van der Waals surface area contributed by atoms with Crippen LogP contribution in [-0.4, -0.2) is 43.2 Å². The van der Waals surface area contributed by atoms with Crippen molar-refractivity contribution < 1.29 is 13.9 Å². The van der Waals surface area contributed by atoms with E-state index < -0.39 is 0 Å². The molecule has 1 amide bonds. The number of amides is 1. The topological polar surface area (TPSA) is 41.6 Å². The summed E-state index contributed by atoms with van der Waals surface area (Å²) in [5.74, 6) is -0.110. The molecule has 0 spiro atoms. The predicted molar refractivity (Wildman–Crippen MR) is 84.0 cm³/mol. The van der Waals surface area contributed by atoms with Crippen molar-refractivity contribution in [3.63, 3.8) is 0 Å². The van der Waals surface area contributed by atoms with Crippen LogP contribution in [0.25, 0.3) is 0 Å². The van der Waals surface area contributed by atoms with Crippen LogP contribution in [-0.2, 0) is 9.53 Å². The third-order valence-corrected chi connectivity index (χ3v) is 4.11. The van der Waals surface area contributed by atoms with Crippen LogP contribution in [0.2, 0.25) is 0 Å². The first-order valence-electron chi connectivity index (χ1n) is 8.03. The minimum absolute atomic E-state index is 0.0514. The Bertz CT molecular complexity index is 472. The van der Waals surface area contributed by atoms with Gasteiger partial charge in [0.25, 0.3) is 0 Å². The van der Waals surface area contributed by atoms with Gasteiger partial charge in [-0.15, -0.1) is 0 Å². The van der Waals surface area contributed by atoms with Crippen molar-refractivity contribution in [2.45, 2.75) is 38.8 Å². The zero-order valence-corrected chi connectivity index (χ0v) is 13.3. The van der Waals surface area contributed by atoms with E-state index >= 15 is 0 Å². The third-order valence-electron chi connectivity index (χ3n) is 4.11. The van der Waals surface area contributed by atoms with Crippen LogP contribution in [0.15, 0.2) is 24.3 Å². The summed E-state index contributed by atoms with van der Waals surface area (Å²) >= 11 is 0. The van der Waals surface area contributed by atoms with Crippen molar-refractivity contribution in [2.24, 2.45) is 0 Å². The maximum Gasteiger partial charge on any atom is 0.239 e. The van der Waals surface area contributed by atoms with Gasteiger partial charge < -0.3 is 9.64 Å². The third kappa shape index (κ3) is 4.27. The standard InChI is InChI=1S/C17H25FN2O2/c1-3-15(13-5-7-14(18)8-6-13)19-16(4-2)17(21)20-9-11-22-12-10-20/h5-8,15-16,19H,3-4,9-12H2,1-2H3/t15-,16+/m0/s1. The Balaban J connectivity index is 2.03. The number of hydrogen-bond acceptors (Lipinski definition) is 3. The second-order valence-electron chi connectivity index (χ2n) is 5.58. The zero-order chi connectivity index (χ0) is 15.9. The number of rotatable bonds is 6. The first-order chi connectivity index (χ1) is 10.7. The molecule has 22 heavy (non-hydrogen) atoms. The minimum atomic E-state index is -0.241. The first kappa shape index (κ1) is 16.9. The van der Waals surface area contributed by atoms with E-state index in [9.17, 15) is 9.18 Å². The lowest BCUT2D eigenvalue weighted by Crippen LogP contribution is -2.50. The van der Waals surface area contributed by atoms with Crippen LogP contribution in [0, 0.1) is 5.82 Å². The zero-order valence-electron chi connectivity index (χ0n) is 13.3. The van der Waals surface area contributed by atoms with E-state index in [1.807, 2.05) is 11.8 Å². The molecular formula is C17H25FN2O2. The lowest BCUT2D eigenvalue weighted by molar-refractivity contribution is -0.137. The van der Waals surface area contributed by atoms with Crippen molar-refractivity contribution in [1.82, 2.24) is 10.2 Å². The van der Waals surface area contributed by atoms with Crippen LogP contribution < -0.4 is 5.32 Å². The quantitative estimate of drug-likeness (QED) is 0.878. The SMILES string of the molecule is CC[C@H](N[C@H](CC)C(=O)N1CCOCC1)c1ccc(F)cc1. The monoisotopic (exact) mass is 308 g/mol. The summed E-state index contributed by atoms with van der Waals surface area (Å²) in [5.41, 5.74) is 1.01. The summed E-state index contributed by atoms with van der Waals surface area (Å²) in [6.07, 6.45) is 1.58. The first-order valence-corrected chi connectivity index (χ1v) is 8.03. The van der Waals surface area contributed by atoms with Gasteiger partial charge in [-0.25, -0.2) is 4.39 Å². The van der Waals surface area contributed by atoms with E-state index in [1.165, 1.54) is 12.1 Å². The normalized spacial score (nSPS) is 18.0. The molecular weight excluding hydrogens is 283 g/mol. The summed E-state index contributed by atoms with van der Waals surface area (Å²) in [6, 6.07) is 6.32. The Labute approximate surface area is 131 Å². The van der Waals surface area contributed by atoms with E-state index in [1.54, 1.807) is 12.1 Å². The number of nitrogens with zero attached hydrogens (tertiary/aromatic N) is 1. The maximum absolute atomic E-state index is 13.1. The molecule has 1 aromatic carbocycles. The summed E-state index contributed by atoms with van der Waals surface area (Å²) in [6.45, 7) is 6.60. The van der Waals surface area contributed by atoms with E-state index in [2.05, 4.69) is 12.2 Å². The van der Waals surface area contributed by atoms with Gasteiger partial charge in [0.2, 0.25) is 5.91 Å². The lowest BCUT2D eigenvalue weighted by atomic mass is 10.0. The van der Waals surface area contributed by atoms with E-state index in [4.69, 9.17) is 4.74 Å². The average molecular weight is 308 g/mol. The molecule has 122 valence electrons. The lowest BCUT2D eigenvalue weighted by Gasteiger charge is -2.32. The number of carbonyl (C=O) groups is 1. The number of halogens is 1. The molecule has 2 rings (SSSR count). The number of morpholine rings is 1. The molecule has 1 aliphatic heterocycles. The molecule has 1 saturated heterocycles. The molecule has 0 radical (unpaired) electrons. The Kier molecular flexibility index (Phi) is 6.34. The number of carbonyl (C=O) groups excluding carboxylic acids is 1.